The molecule has 79 valence electrons. The van der Waals surface area contributed by atoms with Crippen molar-refractivity contribution < 1.29 is 0 Å². The van der Waals surface area contributed by atoms with Gasteiger partial charge in [0.05, 0.1) is 0 Å². The molecular weight excluding hydrogens is 156 g/mol. The van der Waals surface area contributed by atoms with Crippen LogP contribution in [0.25, 0.3) is 0 Å². The topological polar surface area (TPSA) is 0 Å². The third kappa shape index (κ3) is 5.33. The van der Waals surface area contributed by atoms with Gasteiger partial charge in [-0.15, -0.1) is 0 Å². The minimum atomic E-state index is 0.818. The predicted molar refractivity (Wildman–Crippen MR) is 61.6 cm³/mol. The van der Waals surface area contributed by atoms with E-state index in [1.165, 1.54) is 25.7 Å². The van der Waals surface area contributed by atoms with Crippen molar-refractivity contribution in [2.75, 3.05) is 0 Å². The van der Waals surface area contributed by atoms with E-state index in [9.17, 15) is 0 Å². The van der Waals surface area contributed by atoms with E-state index in [1.54, 1.807) is 0 Å². The Morgan fingerprint density at radius 2 is 1.62 bits per heavy atom. The molecule has 0 spiro atoms. The molecule has 0 nitrogen and oxygen atoms in total. The van der Waals surface area contributed by atoms with Crippen molar-refractivity contribution in [2.45, 2.75) is 59.8 Å². The zero-order valence-corrected chi connectivity index (χ0v) is 9.97. The Labute approximate surface area is 85.1 Å². The molecule has 3 atom stereocenters. The standard InChI is InChI=1S/C13H27/c1-6-11(4)9-10-13(8-3)12(5)7-2/h11-13H,1,6-10H2,2-5H3. The fourth-order valence-electron chi connectivity index (χ4n) is 1.87. The molecule has 0 amide bonds. The molecular formula is C13H27. The van der Waals surface area contributed by atoms with E-state index in [0.717, 1.165) is 24.2 Å². The van der Waals surface area contributed by atoms with E-state index in [4.69, 9.17) is 0 Å². The summed E-state index contributed by atoms with van der Waals surface area (Å²) in [5.74, 6) is 2.67. The third-order valence-electron chi connectivity index (χ3n) is 3.50. The summed E-state index contributed by atoms with van der Waals surface area (Å²) in [6, 6.07) is 0. The van der Waals surface area contributed by atoms with E-state index in [-0.39, 0.29) is 0 Å². The lowest BCUT2D eigenvalue weighted by Crippen LogP contribution is -2.11. The Balaban J connectivity index is 3.71. The van der Waals surface area contributed by atoms with Crippen molar-refractivity contribution in [3.8, 4) is 0 Å². The van der Waals surface area contributed by atoms with Crippen LogP contribution in [0.15, 0.2) is 0 Å². The zero-order chi connectivity index (χ0) is 10.3. The van der Waals surface area contributed by atoms with E-state index >= 15 is 0 Å². The third-order valence-corrected chi connectivity index (χ3v) is 3.50. The maximum Gasteiger partial charge on any atom is -0.0391 e. The van der Waals surface area contributed by atoms with Gasteiger partial charge in [0.25, 0.3) is 0 Å². The van der Waals surface area contributed by atoms with Gasteiger partial charge in [-0.05, 0) is 24.2 Å². The number of rotatable bonds is 7. The summed E-state index contributed by atoms with van der Waals surface area (Å²) in [5.41, 5.74) is 0. The average Bonchev–Trinajstić information content (AvgIpc) is 2.17. The van der Waals surface area contributed by atoms with E-state index < -0.39 is 0 Å². The molecule has 0 aliphatic rings. The highest BCUT2D eigenvalue weighted by atomic mass is 14.2. The van der Waals surface area contributed by atoms with Crippen LogP contribution in [0.1, 0.15) is 59.8 Å². The Kier molecular flexibility index (Phi) is 7.41. The highest BCUT2D eigenvalue weighted by Gasteiger charge is 2.14. The van der Waals surface area contributed by atoms with Crippen molar-refractivity contribution in [1.29, 1.82) is 0 Å². The molecule has 0 heterocycles. The Bertz CT molecular complexity index is 107. The average molecular weight is 183 g/mol. The summed E-state index contributed by atoms with van der Waals surface area (Å²) in [6.07, 6.45) is 6.54. The van der Waals surface area contributed by atoms with Gasteiger partial charge < -0.3 is 0 Å². The zero-order valence-electron chi connectivity index (χ0n) is 9.97. The molecule has 3 unspecified atom stereocenters. The molecule has 0 aliphatic heterocycles. The molecule has 0 fully saturated rings. The number of hydrogen-bond donors (Lipinski definition) is 0. The molecule has 0 aromatic rings. The van der Waals surface area contributed by atoms with Gasteiger partial charge in [-0.1, -0.05) is 60.3 Å². The minimum Gasteiger partial charge on any atom is -0.0651 e. The quantitative estimate of drug-likeness (QED) is 0.536. The fourth-order valence-corrected chi connectivity index (χ4v) is 1.87. The maximum absolute atomic E-state index is 3.95. The summed E-state index contributed by atoms with van der Waals surface area (Å²) in [7, 11) is 0. The largest absolute Gasteiger partial charge is 0.0651 e. The first kappa shape index (κ1) is 13.0. The molecule has 0 heteroatoms. The Morgan fingerprint density at radius 1 is 1.00 bits per heavy atom. The van der Waals surface area contributed by atoms with Crippen LogP contribution in [-0.2, 0) is 0 Å². The molecule has 0 N–H and O–H groups in total. The van der Waals surface area contributed by atoms with Crippen LogP contribution in [0.4, 0.5) is 0 Å². The van der Waals surface area contributed by atoms with Crippen molar-refractivity contribution in [1.82, 2.24) is 0 Å². The molecule has 1 radical (unpaired) electrons. The van der Waals surface area contributed by atoms with Crippen molar-refractivity contribution in [3.05, 3.63) is 6.92 Å². The Hall–Kier alpha value is 0. The molecule has 0 aliphatic carbocycles. The van der Waals surface area contributed by atoms with Crippen LogP contribution in [0.2, 0.25) is 0 Å². The molecule has 0 aromatic heterocycles. The first-order chi connectivity index (χ1) is 6.15. The van der Waals surface area contributed by atoms with Crippen LogP contribution >= 0.6 is 0 Å². The molecule has 0 rings (SSSR count). The summed E-state index contributed by atoms with van der Waals surface area (Å²) >= 11 is 0. The Morgan fingerprint density at radius 3 is 2.00 bits per heavy atom. The summed E-state index contributed by atoms with van der Waals surface area (Å²) in [5, 5.41) is 0. The van der Waals surface area contributed by atoms with Crippen LogP contribution in [0, 0.1) is 24.7 Å². The van der Waals surface area contributed by atoms with Gasteiger partial charge in [-0.3, -0.25) is 0 Å². The first-order valence-electron chi connectivity index (χ1n) is 5.94. The SMILES string of the molecule is [CH2]CC(C)CCC(CC)C(C)CC. The molecule has 0 bridgehead atoms. The lowest BCUT2D eigenvalue weighted by atomic mass is 9.84. The van der Waals surface area contributed by atoms with E-state index in [0.29, 0.717) is 0 Å². The van der Waals surface area contributed by atoms with Crippen molar-refractivity contribution >= 4 is 0 Å². The van der Waals surface area contributed by atoms with Gasteiger partial charge in [0, 0.05) is 0 Å². The van der Waals surface area contributed by atoms with Crippen LogP contribution in [-0.4, -0.2) is 0 Å². The van der Waals surface area contributed by atoms with Crippen molar-refractivity contribution in [2.24, 2.45) is 17.8 Å². The summed E-state index contributed by atoms with van der Waals surface area (Å²) < 4.78 is 0. The molecule has 13 heavy (non-hydrogen) atoms. The lowest BCUT2D eigenvalue weighted by Gasteiger charge is -2.22. The highest BCUT2D eigenvalue weighted by Crippen LogP contribution is 2.25. The van der Waals surface area contributed by atoms with Crippen LogP contribution < -0.4 is 0 Å². The molecule has 0 saturated heterocycles. The number of hydrogen-bond acceptors (Lipinski definition) is 0. The van der Waals surface area contributed by atoms with Gasteiger partial charge in [0.1, 0.15) is 0 Å². The van der Waals surface area contributed by atoms with Gasteiger partial charge in [0.2, 0.25) is 0 Å². The molecule has 0 saturated carbocycles. The van der Waals surface area contributed by atoms with Gasteiger partial charge in [-0.25, -0.2) is 0 Å². The van der Waals surface area contributed by atoms with Gasteiger partial charge >= 0.3 is 0 Å². The second kappa shape index (κ2) is 7.41. The minimum absolute atomic E-state index is 0.818. The second-order valence-electron chi connectivity index (χ2n) is 4.53. The smallest absolute Gasteiger partial charge is 0.0391 e. The first-order valence-corrected chi connectivity index (χ1v) is 5.94. The lowest BCUT2D eigenvalue weighted by molar-refractivity contribution is 0.293. The highest BCUT2D eigenvalue weighted by molar-refractivity contribution is 4.66. The summed E-state index contributed by atoms with van der Waals surface area (Å²) in [6.45, 7) is 13.3. The second-order valence-corrected chi connectivity index (χ2v) is 4.53. The van der Waals surface area contributed by atoms with Crippen LogP contribution in [0.5, 0.6) is 0 Å². The fraction of sp³-hybridized carbons (Fsp3) is 0.923. The maximum atomic E-state index is 3.95. The predicted octanol–water partition coefficient (Wildman–Crippen LogP) is 4.70. The van der Waals surface area contributed by atoms with E-state index in [2.05, 4.69) is 34.6 Å². The van der Waals surface area contributed by atoms with E-state index in [1.807, 2.05) is 0 Å². The monoisotopic (exact) mass is 183 g/mol. The van der Waals surface area contributed by atoms with Gasteiger partial charge in [0.15, 0.2) is 0 Å². The van der Waals surface area contributed by atoms with Crippen LogP contribution in [0.3, 0.4) is 0 Å². The molecule has 0 aromatic carbocycles. The van der Waals surface area contributed by atoms with Crippen molar-refractivity contribution in [3.63, 3.8) is 0 Å². The summed E-state index contributed by atoms with van der Waals surface area (Å²) in [4.78, 5) is 0. The normalized spacial score (nSPS) is 18.2. The van der Waals surface area contributed by atoms with Gasteiger partial charge in [-0.2, -0.15) is 0 Å².